The Balaban J connectivity index is 1.45. The minimum absolute atomic E-state index is 0.989. The van der Waals surface area contributed by atoms with Gasteiger partial charge in [-0.25, -0.2) is 0 Å². The predicted molar refractivity (Wildman–Crippen MR) is 196 cm³/mol. The number of benzene rings is 6. The van der Waals surface area contributed by atoms with Gasteiger partial charge in [0.15, 0.2) is 0 Å². The summed E-state index contributed by atoms with van der Waals surface area (Å²) in [6.45, 7) is 0. The molecule has 46 heavy (non-hydrogen) atoms. The number of nitrogens with zero attached hydrogens (tertiary/aromatic N) is 1. The first-order chi connectivity index (χ1) is 22.8. The summed E-state index contributed by atoms with van der Waals surface area (Å²) in [5.74, 6) is 0. The topological polar surface area (TPSA) is 12.9 Å². The van der Waals surface area contributed by atoms with Gasteiger partial charge in [-0.15, -0.1) is 0 Å². The molecule has 1 heterocycles. The number of aromatic nitrogens is 1. The van der Waals surface area contributed by atoms with Crippen LogP contribution in [0.2, 0.25) is 0 Å². The summed E-state index contributed by atoms with van der Waals surface area (Å²) in [6.07, 6.45) is 15.4. The van der Waals surface area contributed by atoms with Gasteiger partial charge >= 0.3 is 0 Å². The van der Waals surface area contributed by atoms with E-state index in [-0.39, 0.29) is 0 Å². The molecule has 8 rings (SSSR count). The average molecular weight is 588 g/mol. The van der Waals surface area contributed by atoms with Crippen LogP contribution in [0.4, 0.5) is 0 Å². The molecule has 0 amide bonds. The van der Waals surface area contributed by atoms with E-state index in [1.807, 2.05) is 12.4 Å². The maximum absolute atomic E-state index is 4.77. The zero-order chi connectivity index (χ0) is 30.7. The van der Waals surface area contributed by atoms with E-state index in [0.717, 1.165) is 24.0 Å². The summed E-state index contributed by atoms with van der Waals surface area (Å²) in [7, 11) is 0. The Morgan fingerprint density at radius 2 is 0.978 bits per heavy atom. The molecule has 0 saturated heterocycles. The second kappa shape index (κ2) is 12.3. The van der Waals surface area contributed by atoms with E-state index in [0.29, 0.717) is 0 Å². The first-order valence-electron chi connectivity index (χ1n) is 16.0. The molecule has 0 atom stereocenters. The summed E-state index contributed by atoms with van der Waals surface area (Å²) in [6, 6.07) is 50.2. The van der Waals surface area contributed by atoms with Gasteiger partial charge in [0.2, 0.25) is 0 Å². The van der Waals surface area contributed by atoms with Crippen LogP contribution in [0.25, 0.3) is 66.1 Å². The van der Waals surface area contributed by atoms with E-state index >= 15 is 0 Å². The summed E-state index contributed by atoms with van der Waals surface area (Å²) < 4.78 is 0. The van der Waals surface area contributed by atoms with Gasteiger partial charge in [-0.1, -0.05) is 146 Å². The van der Waals surface area contributed by atoms with Crippen molar-refractivity contribution in [3.8, 4) is 33.4 Å². The highest BCUT2D eigenvalue weighted by atomic mass is 14.6. The Hall–Kier alpha value is -5.79. The molecule has 0 radical (unpaired) electrons. The summed E-state index contributed by atoms with van der Waals surface area (Å²) in [5, 5.41) is 4.96. The van der Waals surface area contributed by atoms with E-state index < -0.39 is 0 Å². The van der Waals surface area contributed by atoms with Gasteiger partial charge in [0.05, 0.1) is 0 Å². The number of allylic oxidation sites excluding steroid dienone is 6. The molecule has 0 fully saturated rings. The number of pyridine rings is 1. The summed E-state index contributed by atoms with van der Waals surface area (Å²) in [4.78, 5) is 4.77. The van der Waals surface area contributed by atoms with Crippen LogP contribution in [-0.4, -0.2) is 4.98 Å². The molecule has 0 saturated carbocycles. The Morgan fingerprint density at radius 3 is 1.70 bits per heavy atom. The van der Waals surface area contributed by atoms with Gasteiger partial charge in [0.1, 0.15) is 0 Å². The van der Waals surface area contributed by atoms with Crippen LogP contribution in [0, 0.1) is 0 Å². The minimum Gasteiger partial charge on any atom is -0.263 e. The third-order valence-corrected chi connectivity index (χ3v) is 8.97. The first-order valence-corrected chi connectivity index (χ1v) is 16.0. The zero-order valence-corrected chi connectivity index (χ0v) is 25.6. The van der Waals surface area contributed by atoms with Crippen molar-refractivity contribution >= 4 is 32.7 Å². The van der Waals surface area contributed by atoms with Crippen molar-refractivity contribution in [1.82, 2.24) is 4.98 Å². The van der Waals surface area contributed by atoms with Crippen molar-refractivity contribution in [2.24, 2.45) is 0 Å². The van der Waals surface area contributed by atoms with E-state index in [9.17, 15) is 0 Å². The minimum atomic E-state index is 0.989. The Kier molecular flexibility index (Phi) is 7.42. The molecule has 7 aromatic rings. The third kappa shape index (κ3) is 5.27. The monoisotopic (exact) mass is 587 g/mol. The second-order valence-electron chi connectivity index (χ2n) is 11.9. The van der Waals surface area contributed by atoms with Gasteiger partial charge in [0, 0.05) is 23.5 Å². The predicted octanol–water partition coefficient (Wildman–Crippen LogP) is 12.2. The highest BCUT2D eigenvalue weighted by Crippen LogP contribution is 2.44. The lowest BCUT2D eigenvalue weighted by Gasteiger charge is -2.20. The van der Waals surface area contributed by atoms with E-state index in [1.54, 1.807) is 0 Å². The molecule has 0 unspecified atom stereocenters. The van der Waals surface area contributed by atoms with Crippen molar-refractivity contribution in [3.63, 3.8) is 0 Å². The van der Waals surface area contributed by atoms with Gasteiger partial charge in [0.25, 0.3) is 0 Å². The van der Waals surface area contributed by atoms with E-state index in [4.69, 9.17) is 4.98 Å². The fourth-order valence-electron chi connectivity index (χ4n) is 6.78. The normalized spacial score (nSPS) is 13.2. The molecular weight excluding hydrogens is 555 g/mol. The average Bonchev–Trinajstić information content (AvgIpc) is 3.12. The van der Waals surface area contributed by atoms with Crippen LogP contribution < -0.4 is 0 Å². The fraction of sp³-hybridized carbons (Fsp3) is 0.0444. The lowest BCUT2D eigenvalue weighted by Crippen LogP contribution is -1.96. The lowest BCUT2D eigenvalue weighted by atomic mass is 9.83. The smallest absolute Gasteiger partial charge is 0.0347 e. The number of fused-ring (bicyclic) bond motifs is 2. The van der Waals surface area contributed by atoms with E-state index in [2.05, 4.69) is 164 Å². The zero-order valence-electron chi connectivity index (χ0n) is 25.6. The standard InChI is InChI=1S/C45H33N/c1-5-15-32(16-6-1)35-21-11-4-12-22-37(27-35)44-40-23-13-14-24-41(40)45(39-28-38(30-46-31-39)34-19-9-3-10-20-34)42-26-25-36(29-43(42)44)33-17-7-2-8-18-33/h1-3,5-11,13-31H,4,12H2. The number of hydrogen-bond acceptors (Lipinski definition) is 1. The van der Waals surface area contributed by atoms with Crippen molar-refractivity contribution in [2.75, 3.05) is 0 Å². The van der Waals surface area contributed by atoms with Crippen LogP contribution in [0.3, 0.4) is 0 Å². The van der Waals surface area contributed by atoms with Crippen molar-refractivity contribution in [3.05, 3.63) is 187 Å². The van der Waals surface area contributed by atoms with Crippen LogP contribution in [0.5, 0.6) is 0 Å². The molecule has 1 nitrogen and oxygen atoms in total. The van der Waals surface area contributed by atoms with Crippen LogP contribution in [0.1, 0.15) is 24.0 Å². The largest absolute Gasteiger partial charge is 0.263 e. The van der Waals surface area contributed by atoms with Crippen LogP contribution in [0.15, 0.2) is 176 Å². The molecule has 6 aromatic carbocycles. The van der Waals surface area contributed by atoms with Gasteiger partial charge in [-0.2, -0.15) is 0 Å². The summed E-state index contributed by atoms with van der Waals surface area (Å²) in [5.41, 5.74) is 12.1. The Labute approximate surface area is 270 Å². The Bertz CT molecular complexity index is 2270. The lowest BCUT2D eigenvalue weighted by molar-refractivity contribution is 1.05. The number of rotatable bonds is 5. The fourth-order valence-corrected chi connectivity index (χ4v) is 6.78. The van der Waals surface area contributed by atoms with Crippen molar-refractivity contribution in [2.45, 2.75) is 12.8 Å². The van der Waals surface area contributed by atoms with Crippen LogP contribution >= 0.6 is 0 Å². The SMILES string of the molecule is C1=CC(c2ccccc2)=CC(c2c3ccccc3c(-c3cncc(-c4ccccc4)c3)c3ccc(-c4ccccc4)cc23)=CCC1. The molecule has 1 aliphatic carbocycles. The second-order valence-corrected chi connectivity index (χ2v) is 11.9. The molecule has 0 bridgehead atoms. The molecule has 0 N–H and O–H groups in total. The van der Waals surface area contributed by atoms with Gasteiger partial charge in [-0.3, -0.25) is 4.98 Å². The molecular formula is C45H33N. The van der Waals surface area contributed by atoms with Crippen LogP contribution in [-0.2, 0) is 0 Å². The molecule has 0 aliphatic heterocycles. The Morgan fingerprint density at radius 1 is 0.391 bits per heavy atom. The van der Waals surface area contributed by atoms with Gasteiger partial charge < -0.3 is 0 Å². The molecule has 0 spiro atoms. The highest BCUT2D eigenvalue weighted by molar-refractivity contribution is 6.20. The summed E-state index contributed by atoms with van der Waals surface area (Å²) >= 11 is 0. The van der Waals surface area contributed by atoms with E-state index in [1.165, 1.54) is 66.1 Å². The maximum Gasteiger partial charge on any atom is 0.0347 e. The molecule has 218 valence electrons. The molecule has 1 aliphatic rings. The molecule has 1 aromatic heterocycles. The maximum atomic E-state index is 4.77. The first kappa shape index (κ1) is 27.7. The molecule has 1 heteroatoms. The third-order valence-electron chi connectivity index (χ3n) is 8.97. The van der Waals surface area contributed by atoms with Gasteiger partial charge in [-0.05, 0) is 97.1 Å². The quantitative estimate of drug-likeness (QED) is 0.183. The number of hydrogen-bond donors (Lipinski definition) is 0. The highest BCUT2D eigenvalue weighted by Gasteiger charge is 2.19. The van der Waals surface area contributed by atoms with Crippen molar-refractivity contribution in [1.29, 1.82) is 0 Å². The van der Waals surface area contributed by atoms with Crippen molar-refractivity contribution < 1.29 is 0 Å².